The summed E-state index contributed by atoms with van der Waals surface area (Å²) in [6, 6.07) is 15.6. The Balaban J connectivity index is 1.58. The summed E-state index contributed by atoms with van der Waals surface area (Å²) < 4.78 is 0. The first-order valence-corrected chi connectivity index (χ1v) is 9.06. The maximum Gasteiger partial charge on any atom is 0.257 e. The van der Waals surface area contributed by atoms with E-state index in [1.54, 1.807) is 12.1 Å². The Hall–Kier alpha value is -1.88. The molecule has 1 fully saturated rings. The zero-order chi connectivity index (χ0) is 17.6. The standard InChI is InChI=1S/C20H24ClN3O/c1-24-11-9-16(10-12-24)22-14-15-5-4-6-17(13-15)23-20(25)18-7-2-3-8-19(18)21/h2-8,13,16,22H,9-12,14H2,1H3,(H,23,25). The van der Waals surface area contributed by atoms with Gasteiger partial charge in [-0.05, 0) is 62.8 Å². The van der Waals surface area contributed by atoms with Crippen LogP contribution in [0.4, 0.5) is 5.69 Å². The number of hydrogen-bond acceptors (Lipinski definition) is 3. The van der Waals surface area contributed by atoms with Crippen molar-refractivity contribution in [3.63, 3.8) is 0 Å². The van der Waals surface area contributed by atoms with Gasteiger partial charge < -0.3 is 15.5 Å². The van der Waals surface area contributed by atoms with Gasteiger partial charge in [0.15, 0.2) is 0 Å². The molecule has 0 atom stereocenters. The van der Waals surface area contributed by atoms with Gasteiger partial charge in [-0.1, -0.05) is 35.9 Å². The molecule has 1 aliphatic rings. The molecule has 2 N–H and O–H groups in total. The highest BCUT2D eigenvalue weighted by Gasteiger charge is 2.16. The van der Waals surface area contributed by atoms with E-state index < -0.39 is 0 Å². The highest BCUT2D eigenvalue weighted by molar-refractivity contribution is 6.34. The number of nitrogens with zero attached hydrogens (tertiary/aromatic N) is 1. The number of halogens is 1. The minimum Gasteiger partial charge on any atom is -0.322 e. The third-order valence-electron chi connectivity index (χ3n) is 4.62. The number of piperidine rings is 1. The second-order valence-corrected chi connectivity index (χ2v) is 7.00. The van der Waals surface area contributed by atoms with Gasteiger partial charge in [-0.15, -0.1) is 0 Å². The largest absolute Gasteiger partial charge is 0.322 e. The topological polar surface area (TPSA) is 44.4 Å². The van der Waals surface area contributed by atoms with E-state index in [4.69, 9.17) is 11.6 Å². The average molecular weight is 358 g/mol. The molecule has 1 amide bonds. The van der Waals surface area contributed by atoms with E-state index in [1.807, 2.05) is 30.3 Å². The van der Waals surface area contributed by atoms with Crippen molar-refractivity contribution in [2.75, 3.05) is 25.5 Å². The number of nitrogens with one attached hydrogen (secondary N) is 2. The second kappa shape index (κ2) is 8.48. The van der Waals surface area contributed by atoms with Crippen LogP contribution >= 0.6 is 11.6 Å². The number of hydrogen-bond donors (Lipinski definition) is 2. The molecule has 5 heteroatoms. The molecule has 1 saturated heterocycles. The average Bonchev–Trinajstić information content (AvgIpc) is 2.62. The van der Waals surface area contributed by atoms with Gasteiger partial charge in [-0.25, -0.2) is 0 Å². The molecule has 0 aliphatic carbocycles. The molecule has 0 aromatic heterocycles. The van der Waals surface area contributed by atoms with Crippen molar-refractivity contribution in [2.45, 2.75) is 25.4 Å². The maximum absolute atomic E-state index is 12.4. The van der Waals surface area contributed by atoms with Crippen LogP contribution in [0.25, 0.3) is 0 Å². The van der Waals surface area contributed by atoms with Crippen LogP contribution < -0.4 is 10.6 Å². The molecule has 3 rings (SSSR count). The van der Waals surface area contributed by atoms with Crippen LogP contribution in [-0.2, 0) is 6.54 Å². The quantitative estimate of drug-likeness (QED) is 0.856. The molecular weight excluding hydrogens is 334 g/mol. The Labute approximate surface area is 154 Å². The van der Waals surface area contributed by atoms with Crippen LogP contribution in [0.5, 0.6) is 0 Å². The Bertz CT molecular complexity index is 726. The molecule has 0 unspecified atom stereocenters. The van der Waals surface area contributed by atoms with E-state index in [-0.39, 0.29) is 5.91 Å². The Morgan fingerprint density at radius 1 is 1.16 bits per heavy atom. The van der Waals surface area contributed by atoms with E-state index >= 15 is 0 Å². The monoisotopic (exact) mass is 357 g/mol. The molecule has 2 aromatic carbocycles. The second-order valence-electron chi connectivity index (χ2n) is 6.59. The van der Waals surface area contributed by atoms with Gasteiger partial charge in [0, 0.05) is 18.3 Å². The summed E-state index contributed by atoms with van der Waals surface area (Å²) in [7, 11) is 2.17. The van der Waals surface area contributed by atoms with Crippen molar-refractivity contribution >= 4 is 23.2 Å². The summed E-state index contributed by atoms with van der Waals surface area (Å²) in [6.45, 7) is 3.10. The van der Waals surface area contributed by atoms with Crippen molar-refractivity contribution < 1.29 is 4.79 Å². The van der Waals surface area contributed by atoms with E-state index in [0.717, 1.165) is 30.9 Å². The molecule has 0 spiro atoms. The summed E-state index contributed by atoms with van der Waals surface area (Å²) in [5, 5.41) is 7.00. The minimum atomic E-state index is -0.189. The molecular formula is C20H24ClN3O. The number of amides is 1. The minimum absolute atomic E-state index is 0.189. The van der Waals surface area contributed by atoms with Gasteiger partial charge in [-0.2, -0.15) is 0 Å². The first-order chi connectivity index (χ1) is 12.1. The van der Waals surface area contributed by atoms with Crippen LogP contribution in [0, 0.1) is 0 Å². The smallest absolute Gasteiger partial charge is 0.257 e. The third kappa shape index (κ3) is 5.05. The molecule has 2 aromatic rings. The Kier molecular flexibility index (Phi) is 6.08. The summed E-state index contributed by atoms with van der Waals surface area (Å²) >= 11 is 6.09. The maximum atomic E-state index is 12.4. The van der Waals surface area contributed by atoms with Crippen LogP contribution in [-0.4, -0.2) is 37.0 Å². The number of anilines is 1. The van der Waals surface area contributed by atoms with Gasteiger partial charge >= 0.3 is 0 Å². The van der Waals surface area contributed by atoms with Crippen molar-refractivity contribution in [3.8, 4) is 0 Å². The van der Waals surface area contributed by atoms with Crippen molar-refractivity contribution in [2.24, 2.45) is 0 Å². The lowest BCUT2D eigenvalue weighted by molar-refractivity contribution is 0.102. The summed E-state index contributed by atoms with van der Waals surface area (Å²) in [6.07, 6.45) is 2.36. The van der Waals surface area contributed by atoms with Gasteiger partial charge in [0.1, 0.15) is 0 Å². The van der Waals surface area contributed by atoms with Gasteiger partial charge in [0.25, 0.3) is 5.91 Å². The highest BCUT2D eigenvalue weighted by Crippen LogP contribution is 2.18. The summed E-state index contributed by atoms with van der Waals surface area (Å²) in [5.74, 6) is -0.189. The first-order valence-electron chi connectivity index (χ1n) is 8.68. The predicted octanol–water partition coefficient (Wildman–Crippen LogP) is 3.78. The number of carbonyl (C=O) groups is 1. The Morgan fingerprint density at radius 2 is 1.92 bits per heavy atom. The fourth-order valence-corrected chi connectivity index (χ4v) is 3.30. The number of rotatable bonds is 5. The molecule has 0 bridgehead atoms. The zero-order valence-corrected chi connectivity index (χ0v) is 15.2. The van der Waals surface area contributed by atoms with Gasteiger partial charge in [-0.3, -0.25) is 4.79 Å². The van der Waals surface area contributed by atoms with E-state index in [0.29, 0.717) is 16.6 Å². The van der Waals surface area contributed by atoms with E-state index in [2.05, 4.69) is 28.6 Å². The lowest BCUT2D eigenvalue weighted by atomic mass is 10.1. The highest BCUT2D eigenvalue weighted by atomic mass is 35.5. The van der Waals surface area contributed by atoms with Crippen LogP contribution in [0.3, 0.4) is 0 Å². The van der Waals surface area contributed by atoms with Crippen LogP contribution in [0.2, 0.25) is 5.02 Å². The Morgan fingerprint density at radius 3 is 2.68 bits per heavy atom. The summed E-state index contributed by atoms with van der Waals surface area (Å²) in [5.41, 5.74) is 2.43. The number of benzene rings is 2. The zero-order valence-electron chi connectivity index (χ0n) is 14.5. The molecule has 0 radical (unpaired) electrons. The number of likely N-dealkylation sites (tertiary alicyclic amines) is 1. The molecule has 0 saturated carbocycles. The van der Waals surface area contributed by atoms with Crippen molar-refractivity contribution in [1.82, 2.24) is 10.2 Å². The molecule has 25 heavy (non-hydrogen) atoms. The lowest BCUT2D eigenvalue weighted by Crippen LogP contribution is -2.40. The first kappa shape index (κ1) is 17.9. The third-order valence-corrected chi connectivity index (χ3v) is 4.95. The normalized spacial score (nSPS) is 15.9. The van der Waals surface area contributed by atoms with E-state index in [1.165, 1.54) is 12.8 Å². The van der Waals surface area contributed by atoms with Crippen LogP contribution in [0.1, 0.15) is 28.8 Å². The van der Waals surface area contributed by atoms with Crippen molar-refractivity contribution in [3.05, 3.63) is 64.7 Å². The van der Waals surface area contributed by atoms with Gasteiger partial charge in [0.05, 0.1) is 10.6 Å². The predicted molar refractivity (Wildman–Crippen MR) is 103 cm³/mol. The number of carbonyl (C=O) groups excluding carboxylic acids is 1. The molecule has 1 heterocycles. The molecule has 1 aliphatic heterocycles. The molecule has 132 valence electrons. The molecule has 4 nitrogen and oxygen atoms in total. The van der Waals surface area contributed by atoms with E-state index in [9.17, 15) is 4.79 Å². The fourth-order valence-electron chi connectivity index (χ4n) is 3.08. The van der Waals surface area contributed by atoms with Crippen molar-refractivity contribution in [1.29, 1.82) is 0 Å². The SMILES string of the molecule is CN1CCC(NCc2cccc(NC(=O)c3ccccc3Cl)c2)CC1. The van der Waals surface area contributed by atoms with Crippen LogP contribution in [0.15, 0.2) is 48.5 Å². The fraction of sp³-hybridized carbons (Fsp3) is 0.350. The summed E-state index contributed by atoms with van der Waals surface area (Å²) in [4.78, 5) is 14.7. The van der Waals surface area contributed by atoms with Gasteiger partial charge in [0.2, 0.25) is 0 Å². The lowest BCUT2D eigenvalue weighted by Gasteiger charge is -2.29.